The van der Waals surface area contributed by atoms with E-state index >= 15 is 0 Å². The standard InChI is InChI=1S/C18H23N3O3.2C2H6/c1-11(2)24-13-6-15-20-14(8-21(15)7-12(13)16(19)22)18-5-4-17(3,9-18)23-10-18;2*1-2/h6-8,11H,4-5,9-10H2,1-3H3,(H2,19,22);2*1-2H3. The average molecular weight is 390 g/mol. The Morgan fingerprint density at radius 3 is 2.39 bits per heavy atom. The highest BCUT2D eigenvalue weighted by Gasteiger charge is 2.55. The third-order valence-corrected chi connectivity index (χ3v) is 5.27. The molecule has 2 N–H and O–H groups in total. The lowest BCUT2D eigenvalue weighted by molar-refractivity contribution is -0.00627. The van der Waals surface area contributed by atoms with Crippen molar-refractivity contribution in [2.75, 3.05) is 6.61 Å². The van der Waals surface area contributed by atoms with Crippen molar-refractivity contribution in [2.45, 2.75) is 84.8 Å². The number of pyridine rings is 1. The summed E-state index contributed by atoms with van der Waals surface area (Å²) in [6.07, 6.45) is 6.83. The normalized spacial score (nSPS) is 25.1. The van der Waals surface area contributed by atoms with Crippen molar-refractivity contribution in [3.63, 3.8) is 0 Å². The number of ether oxygens (including phenoxy) is 2. The fraction of sp³-hybridized carbons (Fsp3) is 0.636. The van der Waals surface area contributed by atoms with Crippen LogP contribution in [0, 0.1) is 0 Å². The molecular formula is C22H35N3O3. The largest absolute Gasteiger partial charge is 0.490 e. The van der Waals surface area contributed by atoms with E-state index in [1.54, 1.807) is 12.3 Å². The van der Waals surface area contributed by atoms with Gasteiger partial charge in [-0.1, -0.05) is 27.7 Å². The minimum atomic E-state index is -0.501. The van der Waals surface area contributed by atoms with Crippen LogP contribution in [0.5, 0.6) is 5.75 Å². The second-order valence-electron chi connectivity index (χ2n) is 7.67. The van der Waals surface area contributed by atoms with Gasteiger partial charge in [-0.2, -0.15) is 0 Å². The molecule has 1 saturated carbocycles. The van der Waals surface area contributed by atoms with Crippen LogP contribution in [-0.2, 0) is 10.2 Å². The van der Waals surface area contributed by atoms with Crippen molar-refractivity contribution in [1.29, 1.82) is 0 Å². The third-order valence-electron chi connectivity index (χ3n) is 5.27. The van der Waals surface area contributed by atoms with Crippen LogP contribution in [0.1, 0.15) is 83.8 Å². The maximum Gasteiger partial charge on any atom is 0.253 e. The Morgan fingerprint density at radius 2 is 1.93 bits per heavy atom. The van der Waals surface area contributed by atoms with Crippen molar-refractivity contribution in [3.8, 4) is 5.75 Å². The fourth-order valence-electron chi connectivity index (χ4n) is 4.06. The molecule has 0 radical (unpaired) electrons. The first kappa shape index (κ1) is 22.2. The summed E-state index contributed by atoms with van der Waals surface area (Å²) in [5.41, 5.74) is 7.66. The Morgan fingerprint density at radius 1 is 1.25 bits per heavy atom. The maximum atomic E-state index is 11.8. The number of nitrogens with zero attached hydrogens (tertiary/aromatic N) is 2. The Hall–Kier alpha value is -2.08. The van der Waals surface area contributed by atoms with Gasteiger partial charge in [0.1, 0.15) is 11.4 Å². The molecule has 2 fully saturated rings. The topological polar surface area (TPSA) is 78.8 Å². The molecule has 0 spiro atoms. The highest BCUT2D eigenvalue weighted by Crippen LogP contribution is 2.53. The lowest BCUT2D eigenvalue weighted by Crippen LogP contribution is -2.26. The van der Waals surface area contributed by atoms with Crippen molar-refractivity contribution in [2.24, 2.45) is 5.73 Å². The van der Waals surface area contributed by atoms with E-state index in [1.165, 1.54) is 0 Å². The third kappa shape index (κ3) is 4.02. The summed E-state index contributed by atoms with van der Waals surface area (Å²) in [5, 5.41) is 0. The lowest BCUT2D eigenvalue weighted by atomic mass is 9.84. The number of nitrogens with two attached hydrogens (primary N) is 1. The van der Waals surface area contributed by atoms with Crippen molar-refractivity contribution in [1.82, 2.24) is 9.38 Å². The number of carbonyl (C=O) groups excluding carboxylic acids is 1. The van der Waals surface area contributed by atoms with Crippen LogP contribution in [0.3, 0.4) is 0 Å². The minimum absolute atomic E-state index is 0.00722. The molecular weight excluding hydrogens is 354 g/mol. The number of aromatic nitrogens is 2. The van der Waals surface area contributed by atoms with E-state index in [1.807, 2.05) is 52.1 Å². The van der Waals surface area contributed by atoms with Gasteiger partial charge in [0.2, 0.25) is 0 Å². The summed E-state index contributed by atoms with van der Waals surface area (Å²) in [6.45, 7) is 14.7. The second-order valence-corrected chi connectivity index (χ2v) is 7.67. The SMILES string of the molecule is CC.CC.CC(C)Oc1cc2nc(C34CCC(C)(C3)OC4)cn2cc1C(N)=O. The van der Waals surface area contributed by atoms with E-state index in [9.17, 15) is 4.79 Å². The highest BCUT2D eigenvalue weighted by molar-refractivity contribution is 5.95. The van der Waals surface area contributed by atoms with E-state index in [0.717, 1.165) is 30.6 Å². The number of primary amides is 1. The first-order valence-electron chi connectivity index (χ1n) is 10.4. The van der Waals surface area contributed by atoms with E-state index in [4.69, 9.17) is 20.2 Å². The molecule has 1 aliphatic heterocycles. The van der Waals surface area contributed by atoms with Crippen molar-refractivity contribution in [3.05, 3.63) is 29.7 Å². The summed E-state index contributed by atoms with van der Waals surface area (Å²) < 4.78 is 13.6. The summed E-state index contributed by atoms with van der Waals surface area (Å²) in [6, 6.07) is 1.80. The number of hydrogen-bond acceptors (Lipinski definition) is 4. The Kier molecular flexibility index (Phi) is 6.75. The number of hydrogen-bond donors (Lipinski definition) is 1. The smallest absolute Gasteiger partial charge is 0.253 e. The lowest BCUT2D eigenvalue weighted by Gasteiger charge is -2.24. The summed E-state index contributed by atoms with van der Waals surface area (Å²) in [4.78, 5) is 16.6. The van der Waals surface area contributed by atoms with Crippen LogP contribution in [-0.4, -0.2) is 33.6 Å². The zero-order chi connectivity index (χ0) is 21.1. The van der Waals surface area contributed by atoms with Gasteiger partial charge in [0, 0.05) is 23.9 Å². The number of carbonyl (C=O) groups is 1. The molecule has 3 heterocycles. The molecule has 0 aromatic carbocycles. The maximum absolute atomic E-state index is 11.8. The van der Waals surface area contributed by atoms with Gasteiger partial charge in [-0.05, 0) is 40.0 Å². The first-order chi connectivity index (χ1) is 13.3. The molecule has 2 atom stereocenters. The van der Waals surface area contributed by atoms with Crippen molar-refractivity contribution < 1.29 is 14.3 Å². The zero-order valence-electron chi connectivity index (χ0n) is 18.3. The minimum Gasteiger partial charge on any atom is -0.490 e. The summed E-state index contributed by atoms with van der Waals surface area (Å²) in [7, 11) is 0. The fourth-order valence-corrected chi connectivity index (χ4v) is 4.06. The number of rotatable bonds is 4. The van der Waals surface area contributed by atoms with Gasteiger partial charge in [-0.3, -0.25) is 4.79 Å². The predicted molar refractivity (Wildman–Crippen MR) is 112 cm³/mol. The average Bonchev–Trinajstić information content (AvgIpc) is 3.34. The quantitative estimate of drug-likeness (QED) is 0.836. The van der Waals surface area contributed by atoms with Crippen LogP contribution >= 0.6 is 0 Å². The molecule has 2 bridgehead atoms. The Bertz CT molecular complexity index is 818. The molecule has 1 aliphatic carbocycles. The number of amides is 1. The monoisotopic (exact) mass is 389 g/mol. The van der Waals surface area contributed by atoms with E-state index in [2.05, 4.69) is 6.92 Å². The molecule has 2 aromatic rings. The highest BCUT2D eigenvalue weighted by atomic mass is 16.5. The van der Waals surface area contributed by atoms with Gasteiger partial charge in [0.05, 0.1) is 29.6 Å². The molecule has 2 aliphatic rings. The van der Waals surface area contributed by atoms with Crippen LogP contribution in [0.25, 0.3) is 5.65 Å². The molecule has 2 aromatic heterocycles. The number of imidazole rings is 1. The van der Waals surface area contributed by atoms with Crippen molar-refractivity contribution >= 4 is 11.6 Å². The van der Waals surface area contributed by atoms with Gasteiger partial charge in [0.25, 0.3) is 5.91 Å². The van der Waals surface area contributed by atoms with Gasteiger partial charge >= 0.3 is 0 Å². The molecule has 156 valence electrons. The molecule has 6 nitrogen and oxygen atoms in total. The van der Waals surface area contributed by atoms with E-state index in [0.29, 0.717) is 17.9 Å². The first-order valence-corrected chi connectivity index (χ1v) is 10.4. The van der Waals surface area contributed by atoms with Gasteiger partial charge in [0.15, 0.2) is 0 Å². The van der Waals surface area contributed by atoms with Crippen LogP contribution in [0.15, 0.2) is 18.5 Å². The molecule has 28 heavy (non-hydrogen) atoms. The van der Waals surface area contributed by atoms with Gasteiger partial charge in [-0.15, -0.1) is 0 Å². The Labute approximate surface area is 168 Å². The summed E-state index contributed by atoms with van der Waals surface area (Å²) >= 11 is 0. The predicted octanol–water partition coefficient (Wildman–Crippen LogP) is 4.48. The number of fused-ring (bicyclic) bond motifs is 3. The molecule has 6 heteroatoms. The molecule has 4 rings (SSSR count). The van der Waals surface area contributed by atoms with E-state index in [-0.39, 0.29) is 17.1 Å². The molecule has 2 unspecified atom stereocenters. The van der Waals surface area contributed by atoms with E-state index < -0.39 is 5.91 Å². The van der Waals surface area contributed by atoms with Crippen LogP contribution in [0.2, 0.25) is 0 Å². The second kappa shape index (κ2) is 8.52. The molecule has 1 amide bonds. The van der Waals surface area contributed by atoms with Crippen LogP contribution < -0.4 is 10.5 Å². The van der Waals surface area contributed by atoms with Crippen LogP contribution in [0.4, 0.5) is 0 Å². The van der Waals surface area contributed by atoms with Gasteiger partial charge in [-0.25, -0.2) is 4.98 Å². The zero-order valence-corrected chi connectivity index (χ0v) is 18.3. The Balaban J connectivity index is 0.000000660. The summed E-state index contributed by atoms with van der Waals surface area (Å²) in [5.74, 6) is -0.0165. The molecule has 1 saturated heterocycles. The van der Waals surface area contributed by atoms with Gasteiger partial charge < -0.3 is 19.6 Å².